The maximum absolute atomic E-state index is 5.35. The fourth-order valence-electron chi connectivity index (χ4n) is 2.25. The van der Waals surface area contributed by atoms with Crippen LogP contribution in [-0.2, 0) is 27.4 Å². The van der Waals surface area contributed by atoms with E-state index >= 15 is 0 Å². The van der Waals surface area contributed by atoms with Gasteiger partial charge in [-0.15, -0.1) is 0 Å². The zero-order valence-corrected chi connectivity index (χ0v) is 13.8. The van der Waals surface area contributed by atoms with Gasteiger partial charge in [0.25, 0.3) is 0 Å². The normalized spacial score (nSPS) is 18.8. The summed E-state index contributed by atoms with van der Waals surface area (Å²) in [6.45, 7) is 4.99. The summed E-state index contributed by atoms with van der Waals surface area (Å²) in [6.07, 6.45) is 2.10. The molecule has 1 aromatic heterocycles. The Balaban J connectivity index is 1.99. The highest BCUT2D eigenvalue weighted by Crippen LogP contribution is 2.21. The van der Waals surface area contributed by atoms with E-state index in [0.717, 1.165) is 38.3 Å². The van der Waals surface area contributed by atoms with Gasteiger partial charge in [0.05, 0.1) is 14.2 Å². The minimum Gasteiger partial charge on any atom is -0.481 e. The molecule has 1 aliphatic heterocycles. The number of pyridine rings is 1. The van der Waals surface area contributed by atoms with Crippen molar-refractivity contribution in [3.8, 4) is 11.8 Å². The van der Waals surface area contributed by atoms with Gasteiger partial charge in [-0.25, -0.2) is 4.31 Å². The summed E-state index contributed by atoms with van der Waals surface area (Å²) < 4.78 is 12.8. The van der Waals surface area contributed by atoms with Crippen molar-refractivity contribution in [2.75, 3.05) is 46.7 Å². The molecule has 0 aromatic carbocycles. The molecular weight excluding hydrogens is 294 g/mol. The molecule has 1 fully saturated rings. The molecule has 1 saturated heterocycles. The third-order valence-corrected chi connectivity index (χ3v) is 5.13. The summed E-state index contributed by atoms with van der Waals surface area (Å²) in [5, 5.41) is 0. The minimum atomic E-state index is -0.0373. The van der Waals surface area contributed by atoms with Crippen molar-refractivity contribution >= 4 is 20.8 Å². The van der Waals surface area contributed by atoms with E-state index in [1.165, 1.54) is 0 Å². The molecule has 1 aromatic rings. The standard InChI is InChI=1S/C13H21N3O2S2/c1-17-12-5-4-11(13(14-12)18-2)10-15-6-8-16(9-7-15)20(3)19/h4-5H,6-10H2,1-3H3. The monoisotopic (exact) mass is 315 g/mol. The molecular formula is C13H21N3O2S2. The predicted octanol–water partition coefficient (Wildman–Crippen LogP) is 0.841. The number of methoxy groups -OCH3 is 2. The van der Waals surface area contributed by atoms with Crippen molar-refractivity contribution in [3.63, 3.8) is 0 Å². The minimum absolute atomic E-state index is 0.0373. The lowest BCUT2D eigenvalue weighted by Crippen LogP contribution is -2.45. The van der Waals surface area contributed by atoms with Gasteiger partial charge >= 0.3 is 0 Å². The number of hydrogen-bond donors (Lipinski definition) is 0. The van der Waals surface area contributed by atoms with Gasteiger partial charge in [-0.3, -0.25) is 4.90 Å². The summed E-state index contributed by atoms with van der Waals surface area (Å²) in [5.41, 5.74) is 1.09. The van der Waals surface area contributed by atoms with Crippen molar-refractivity contribution in [3.05, 3.63) is 17.7 Å². The third-order valence-electron chi connectivity index (χ3n) is 3.40. The highest BCUT2D eigenvalue weighted by atomic mass is 32.8. The SMILES string of the molecule is COc1ccc(CN2CCN(S(C)=S)CC2)c(OC)n1. The molecule has 0 bridgehead atoms. The van der Waals surface area contributed by atoms with E-state index in [2.05, 4.69) is 20.4 Å². The summed E-state index contributed by atoms with van der Waals surface area (Å²) in [5.74, 6) is 1.22. The molecule has 1 atom stereocenters. The van der Waals surface area contributed by atoms with Crippen LogP contribution < -0.4 is 9.47 Å². The van der Waals surface area contributed by atoms with Gasteiger partial charge in [-0.2, -0.15) is 4.98 Å². The first-order valence-corrected chi connectivity index (χ1v) is 9.04. The first kappa shape index (κ1) is 15.6. The van der Waals surface area contributed by atoms with E-state index in [0.29, 0.717) is 11.8 Å². The summed E-state index contributed by atoms with van der Waals surface area (Å²) in [6, 6.07) is 3.90. The predicted molar refractivity (Wildman–Crippen MR) is 84.8 cm³/mol. The average molecular weight is 315 g/mol. The summed E-state index contributed by atoms with van der Waals surface area (Å²) >= 11 is 5.33. The lowest BCUT2D eigenvalue weighted by Gasteiger charge is -2.34. The fourth-order valence-corrected chi connectivity index (χ4v) is 3.37. The van der Waals surface area contributed by atoms with E-state index in [4.69, 9.17) is 20.7 Å². The molecule has 7 heteroatoms. The van der Waals surface area contributed by atoms with Crippen LogP contribution in [0.2, 0.25) is 0 Å². The Morgan fingerprint density at radius 2 is 1.90 bits per heavy atom. The zero-order chi connectivity index (χ0) is 14.5. The molecule has 2 rings (SSSR count). The van der Waals surface area contributed by atoms with Crippen molar-refractivity contribution in [2.45, 2.75) is 6.54 Å². The Morgan fingerprint density at radius 3 is 2.45 bits per heavy atom. The van der Waals surface area contributed by atoms with Crippen LogP contribution in [0.15, 0.2) is 12.1 Å². The van der Waals surface area contributed by atoms with E-state index in [1.807, 2.05) is 12.1 Å². The van der Waals surface area contributed by atoms with Crippen LogP contribution in [0.25, 0.3) is 0 Å². The molecule has 0 saturated carbocycles. The number of ether oxygens (including phenoxy) is 2. The van der Waals surface area contributed by atoms with Crippen molar-refractivity contribution in [1.82, 2.24) is 14.2 Å². The Morgan fingerprint density at radius 1 is 1.20 bits per heavy atom. The molecule has 0 spiro atoms. The van der Waals surface area contributed by atoms with Crippen molar-refractivity contribution < 1.29 is 9.47 Å². The molecule has 20 heavy (non-hydrogen) atoms. The van der Waals surface area contributed by atoms with E-state index in [9.17, 15) is 0 Å². The zero-order valence-electron chi connectivity index (χ0n) is 12.2. The Kier molecular flexibility index (Phi) is 5.71. The third kappa shape index (κ3) is 3.88. The van der Waals surface area contributed by atoms with Crippen LogP contribution in [-0.4, -0.2) is 60.8 Å². The van der Waals surface area contributed by atoms with E-state index < -0.39 is 0 Å². The quantitative estimate of drug-likeness (QED) is 0.802. The first-order valence-electron chi connectivity index (χ1n) is 6.52. The topological polar surface area (TPSA) is 37.8 Å². The second-order valence-electron chi connectivity index (χ2n) is 4.65. The smallest absolute Gasteiger partial charge is 0.220 e. The number of aromatic nitrogens is 1. The average Bonchev–Trinajstić information content (AvgIpc) is 2.48. The largest absolute Gasteiger partial charge is 0.481 e. The highest BCUT2D eigenvalue weighted by Gasteiger charge is 2.19. The van der Waals surface area contributed by atoms with E-state index in [-0.39, 0.29) is 9.64 Å². The first-order chi connectivity index (χ1) is 9.63. The molecule has 0 aliphatic carbocycles. The lowest BCUT2D eigenvalue weighted by atomic mass is 10.2. The van der Waals surface area contributed by atoms with Crippen LogP contribution in [0, 0.1) is 0 Å². The molecule has 5 nitrogen and oxygen atoms in total. The van der Waals surface area contributed by atoms with Gasteiger partial charge in [0.15, 0.2) is 0 Å². The van der Waals surface area contributed by atoms with Crippen LogP contribution in [0.1, 0.15) is 5.56 Å². The van der Waals surface area contributed by atoms with Gasteiger partial charge in [0.1, 0.15) is 0 Å². The van der Waals surface area contributed by atoms with Gasteiger partial charge in [0, 0.05) is 50.6 Å². The molecule has 0 amide bonds. The number of rotatable bonds is 5. The second-order valence-corrected chi connectivity index (χ2v) is 7.46. The summed E-state index contributed by atoms with van der Waals surface area (Å²) in [4.78, 5) is 6.73. The molecule has 1 aliphatic rings. The number of nitrogens with zero attached hydrogens (tertiary/aromatic N) is 3. The number of hydrogen-bond acceptors (Lipinski definition) is 5. The Hall–Kier alpha value is -0.760. The maximum atomic E-state index is 5.35. The molecule has 0 radical (unpaired) electrons. The molecule has 1 unspecified atom stereocenters. The maximum Gasteiger partial charge on any atom is 0.220 e. The van der Waals surface area contributed by atoms with Crippen LogP contribution in [0.3, 0.4) is 0 Å². The van der Waals surface area contributed by atoms with Gasteiger partial charge in [-0.1, -0.05) is 9.64 Å². The molecule has 112 valence electrons. The summed E-state index contributed by atoms with van der Waals surface area (Å²) in [7, 11) is 3.21. The fraction of sp³-hybridized carbons (Fsp3) is 0.615. The Bertz CT molecular complexity index is 477. The van der Waals surface area contributed by atoms with Crippen molar-refractivity contribution in [1.29, 1.82) is 0 Å². The number of piperazine rings is 1. The lowest BCUT2D eigenvalue weighted by molar-refractivity contribution is 0.186. The van der Waals surface area contributed by atoms with Crippen LogP contribution >= 0.6 is 0 Å². The van der Waals surface area contributed by atoms with Crippen LogP contribution in [0.4, 0.5) is 0 Å². The van der Waals surface area contributed by atoms with Crippen molar-refractivity contribution in [2.24, 2.45) is 0 Å². The van der Waals surface area contributed by atoms with Gasteiger partial charge in [0.2, 0.25) is 11.8 Å². The second kappa shape index (κ2) is 7.31. The Labute approximate surface area is 127 Å². The van der Waals surface area contributed by atoms with Crippen LogP contribution in [0.5, 0.6) is 11.8 Å². The van der Waals surface area contributed by atoms with Gasteiger partial charge in [-0.05, 0) is 17.3 Å². The molecule has 2 heterocycles. The van der Waals surface area contributed by atoms with E-state index in [1.54, 1.807) is 14.2 Å². The van der Waals surface area contributed by atoms with Gasteiger partial charge < -0.3 is 9.47 Å². The molecule has 0 N–H and O–H groups in total. The highest BCUT2D eigenvalue weighted by molar-refractivity contribution is 8.27.